The summed E-state index contributed by atoms with van der Waals surface area (Å²) in [6, 6.07) is 7.88. The average Bonchev–Trinajstić information content (AvgIpc) is 2.47. The minimum absolute atomic E-state index is 0.159. The lowest BCUT2D eigenvalue weighted by atomic mass is 9.94. The summed E-state index contributed by atoms with van der Waals surface area (Å²) in [5, 5.41) is 11.6. The van der Waals surface area contributed by atoms with Crippen molar-refractivity contribution in [3.05, 3.63) is 29.8 Å². The van der Waals surface area contributed by atoms with Crippen LogP contribution in [-0.4, -0.2) is 24.1 Å². The molecule has 0 spiro atoms. The summed E-state index contributed by atoms with van der Waals surface area (Å²) in [6.07, 6.45) is 3.84. The van der Waals surface area contributed by atoms with E-state index in [0.29, 0.717) is 0 Å². The van der Waals surface area contributed by atoms with Gasteiger partial charge >= 0.3 is 0 Å². The highest BCUT2D eigenvalue weighted by atomic mass is 16.4. The molecule has 4 heteroatoms. The van der Waals surface area contributed by atoms with Crippen molar-refractivity contribution in [3.63, 3.8) is 0 Å². The fourth-order valence-corrected chi connectivity index (χ4v) is 2.50. The van der Waals surface area contributed by atoms with Crippen molar-refractivity contribution >= 4 is 11.5 Å². The van der Waals surface area contributed by atoms with E-state index in [0.717, 1.165) is 24.6 Å². The number of nitrogens with two attached hydrogens (primary N) is 1. The van der Waals surface area contributed by atoms with E-state index >= 15 is 0 Å². The zero-order valence-electron chi connectivity index (χ0n) is 10.8. The lowest BCUT2D eigenvalue weighted by molar-refractivity contribution is 0.318. The molecule has 1 heterocycles. The summed E-state index contributed by atoms with van der Waals surface area (Å²) in [5.74, 6) is 1.05. The molecule has 0 bridgehead atoms. The molecular formula is C14H21N3O. The van der Waals surface area contributed by atoms with Crippen LogP contribution in [-0.2, 0) is 0 Å². The SMILES string of the molecule is CCC1CCN(c2ccc(C(N)=NO)cc2)CC1. The second-order valence-electron chi connectivity index (χ2n) is 4.87. The molecule has 0 unspecified atom stereocenters. The Labute approximate surface area is 108 Å². The van der Waals surface area contributed by atoms with Gasteiger partial charge in [-0.3, -0.25) is 0 Å². The van der Waals surface area contributed by atoms with E-state index in [-0.39, 0.29) is 5.84 Å². The highest BCUT2D eigenvalue weighted by Crippen LogP contribution is 2.25. The summed E-state index contributed by atoms with van der Waals surface area (Å²) < 4.78 is 0. The van der Waals surface area contributed by atoms with Crippen LogP contribution >= 0.6 is 0 Å². The molecule has 0 saturated carbocycles. The highest BCUT2D eigenvalue weighted by Gasteiger charge is 2.17. The predicted molar refractivity (Wildman–Crippen MR) is 74.2 cm³/mol. The molecule has 98 valence electrons. The number of nitrogens with zero attached hydrogens (tertiary/aromatic N) is 2. The van der Waals surface area contributed by atoms with Gasteiger partial charge in [0.25, 0.3) is 0 Å². The standard InChI is InChI=1S/C14H21N3O/c1-2-11-7-9-17(10-8-11)13-5-3-12(4-6-13)14(15)16-18/h3-6,11,18H,2,7-10H2,1H3,(H2,15,16). The molecule has 0 radical (unpaired) electrons. The third-order valence-electron chi connectivity index (χ3n) is 3.83. The second-order valence-corrected chi connectivity index (χ2v) is 4.87. The van der Waals surface area contributed by atoms with Crippen molar-refractivity contribution in [1.29, 1.82) is 0 Å². The molecule has 0 aliphatic carbocycles. The van der Waals surface area contributed by atoms with Crippen LogP contribution < -0.4 is 10.6 Å². The van der Waals surface area contributed by atoms with Crippen LogP contribution in [0.4, 0.5) is 5.69 Å². The molecule has 1 aromatic carbocycles. The van der Waals surface area contributed by atoms with Gasteiger partial charge in [-0.2, -0.15) is 0 Å². The van der Waals surface area contributed by atoms with Crippen LogP contribution in [0.5, 0.6) is 0 Å². The summed E-state index contributed by atoms with van der Waals surface area (Å²) in [4.78, 5) is 2.40. The number of hydrogen-bond donors (Lipinski definition) is 2. The topological polar surface area (TPSA) is 61.8 Å². The van der Waals surface area contributed by atoms with Crippen molar-refractivity contribution in [2.24, 2.45) is 16.8 Å². The molecular weight excluding hydrogens is 226 g/mol. The third-order valence-corrected chi connectivity index (χ3v) is 3.83. The van der Waals surface area contributed by atoms with E-state index in [4.69, 9.17) is 10.9 Å². The molecule has 0 amide bonds. The van der Waals surface area contributed by atoms with E-state index in [1.165, 1.54) is 24.9 Å². The molecule has 1 aromatic rings. The van der Waals surface area contributed by atoms with E-state index in [1.807, 2.05) is 24.3 Å². The Hall–Kier alpha value is -1.71. The number of anilines is 1. The lowest BCUT2D eigenvalue weighted by Crippen LogP contribution is -2.33. The van der Waals surface area contributed by atoms with E-state index in [1.54, 1.807) is 0 Å². The number of piperidine rings is 1. The molecule has 0 aromatic heterocycles. The number of benzene rings is 1. The fourth-order valence-electron chi connectivity index (χ4n) is 2.50. The van der Waals surface area contributed by atoms with Gasteiger partial charge in [0.15, 0.2) is 5.84 Å². The zero-order valence-corrected chi connectivity index (χ0v) is 10.8. The van der Waals surface area contributed by atoms with Gasteiger partial charge in [-0.25, -0.2) is 0 Å². The van der Waals surface area contributed by atoms with Gasteiger partial charge < -0.3 is 15.8 Å². The maximum absolute atomic E-state index is 8.62. The molecule has 18 heavy (non-hydrogen) atoms. The van der Waals surface area contributed by atoms with Gasteiger partial charge in [-0.05, 0) is 43.0 Å². The predicted octanol–water partition coefficient (Wildman–Crippen LogP) is 2.41. The molecule has 0 atom stereocenters. The monoisotopic (exact) mass is 247 g/mol. The number of hydrogen-bond acceptors (Lipinski definition) is 3. The van der Waals surface area contributed by atoms with Crippen LogP contribution in [0, 0.1) is 5.92 Å². The molecule has 3 N–H and O–H groups in total. The van der Waals surface area contributed by atoms with Gasteiger partial charge in [-0.1, -0.05) is 18.5 Å². The average molecular weight is 247 g/mol. The number of oxime groups is 1. The van der Waals surface area contributed by atoms with Gasteiger partial charge in [0.05, 0.1) is 0 Å². The Balaban J connectivity index is 2.02. The Morgan fingerprint density at radius 2 is 1.94 bits per heavy atom. The number of rotatable bonds is 3. The van der Waals surface area contributed by atoms with Gasteiger partial charge in [0.2, 0.25) is 0 Å². The van der Waals surface area contributed by atoms with Crippen molar-refractivity contribution < 1.29 is 5.21 Å². The largest absolute Gasteiger partial charge is 0.409 e. The van der Waals surface area contributed by atoms with E-state index in [9.17, 15) is 0 Å². The van der Waals surface area contributed by atoms with E-state index < -0.39 is 0 Å². The summed E-state index contributed by atoms with van der Waals surface area (Å²) in [7, 11) is 0. The first-order chi connectivity index (χ1) is 8.74. The summed E-state index contributed by atoms with van der Waals surface area (Å²) in [6.45, 7) is 4.52. The Morgan fingerprint density at radius 3 is 2.44 bits per heavy atom. The lowest BCUT2D eigenvalue weighted by Gasteiger charge is -2.33. The second kappa shape index (κ2) is 5.76. The van der Waals surface area contributed by atoms with Crippen LogP contribution in [0.3, 0.4) is 0 Å². The quantitative estimate of drug-likeness (QED) is 0.373. The first-order valence-electron chi connectivity index (χ1n) is 6.57. The molecule has 1 saturated heterocycles. The maximum Gasteiger partial charge on any atom is 0.170 e. The minimum atomic E-state index is 0.159. The van der Waals surface area contributed by atoms with Crippen LogP contribution in [0.15, 0.2) is 29.4 Å². The Kier molecular flexibility index (Phi) is 4.07. The van der Waals surface area contributed by atoms with Gasteiger partial charge in [0.1, 0.15) is 0 Å². The smallest absolute Gasteiger partial charge is 0.170 e. The molecule has 4 nitrogen and oxygen atoms in total. The third kappa shape index (κ3) is 2.75. The van der Waals surface area contributed by atoms with Gasteiger partial charge in [0, 0.05) is 24.3 Å². The molecule has 1 aliphatic heterocycles. The van der Waals surface area contributed by atoms with E-state index in [2.05, 4.69) is 17.0 Å². The van der Waals surface area contributed by atoms with Crippen molar-refractivity contribution in [3.8, 4) is 0 Å². The van der Waals surface area contributed by atoms with Gasteiger partial charge in [-0.15, -0.1) is 0 Å². The first kappa shape index (κ1) is 12.7. The maximum atomic E-state index is 8.62. The van der Waals surface area contributed by atoms with Crippen LogP contribution in [0.1, 0.15) is 31.7 Å². The normalized spacial score (nSPS) is 18.1. The molecule has 1 fully saturated rings. The molecule has 2 rings (SSSR count). The van der Waals surface area contributed by atoms with Crippen LogP contribution in [0.2, 0.25) is 0 Å². The summed E-state index contributed by atoms with van der Waals surface area (Å²) in [5.41, 5.74) is 7.52. The number of amidine groups is 1. The first-order valence-corrected chi connectivity index (χ1v) is 6.57. The van der Waals surface area contributed by atoms with Crippen molar-refractivity contribution in [1.82, 2.24) is 0 Å². The summed E-state index contributed by atoms with van der Waals surface area (Å²) >= 11 is 0. The van der Waals surface area contributed by atoms with Crippen molar-refractivity contribution in [2.45, 2.75) is 26.2 Å². The van der Waals surface area contributed by atoms with Crippen molar-refractivity contribution in [2.75, 3.05) is 18.0 Å². The Bertz CT molecular complexity index is 406. The molecule has 1 aliphatic rings. The Morgan fingerprint density at radius 1 is 1.33 bits per heavy atom. The fraction of sp³-hybridized carbons (Fsp3) is 0.500. The zero-order chi connectivity index (χ0) is 13.0. The minimum Gasteiger partial charge on any atom is -0.409 e. The highest BCUT2D eigenvalue weighted by molar-refractivity contribution is 5.97. The van der Waals surface area contributed by atoms with Crippen LogP contribution in [0.25, 0.3) is 0 Å².